The van der Waals surface area contributed by atoms with E-state index in [9.17, 15) is 4.79 Å². The second kappa shape index (κ2) is 5.19. The van der Waals surface area contributed by atoms with Gasteiger partial charge in [0.25, 0.3) is 5.91 Å². The van der Waals surface area contributed by atoms with Crippen LogP contribution in [0.1, 0.15) is 24.2 Å². The first kappa shape index (κ1) is 13.5. The molecule has 16 heavy (non-hydrogen) atoms. The second-order valence-electron chi connectivity index (χ2n) is 4.29. The molecule has 1 rings (SSSR count). The van der Waals surface area contributed by atoms with E-state index in [1.54, 1.807) is 24.1 Å². The summed E-state index contributed by atoms with van der Waals surface area (Å²) in [6.45, 7) is 3.99. The van der Waals surface area contributed by atoms with Crippen molar-refractivity contribution in [1.82, 2.24) is 4.90 Å². The van der Waals surface area contributed by atoms with Gasteiger partial charge in [-0.05, 0) is 26.0 Å². The van der Waals surface area contributed by atoms with Crippen LogP contribution in [0.25, 0.3) is 0 Å². The molecule has 1 amide bonds. The largest absolute Gasteiger partial charge is 0.336 e. The Balaban J connectivity index is 3.00. The summed E-state index contributed by atoms with van der Waals surface area (Å²) in [6.07, 6.45) is 0. The van der Waals surface area contributed by atoms with Crippen LogP contribution in [-0.4, -0.2) is 28.7 Å². The summed E-state index contributed by atoms with van der Waals surface area (Å²) in [5.41, 5.74) is 0.302. The number of hydrogen-bond donors (Lipinski definition) is 0. The van der Waals surface area contributed by atoms with Crippen molar-refractivity contribution < 1.29 is 4.79 Å². The van der Waals surface area contributed by atoms with Crippen molar-refractivity contribution in [2.45, 2.75) is 19.4 Å². The van der Waals surface area contributed by atoms with Crippen LogP contribution in [0.5, 0.6) is 0 Å². The van der Waals surface area contributed by atoms with Crippen LogP contribution in [0.15, 0.2) is 24.3 Å². The molecule has 2 nitrogen and oxygen atoms in total. The summed E-state index contributed by atoms with van der Waals surface area (Å²) in [5, 5.41) is 1.21. The highest BCUT2D eigenvalue weighted by Crippen LogP contribution is 2.22. The van der Waals surface area contributed by atoms with E-state index in [1.165, 1.54) is 0 Å². The van der Waals surface area contributed by atoms with Crippen molar-refractivity contribution in [3.05, 3.63) is 34.9 Å². The Hall–Kier alpha value is -0.540. The number of nitrogens with zero attached hydrogens (tertiary/aromatic N) is 1. The maximum atomic E-state index is 12.2. The summed E-state index contributed by atoms with van der Waals surface area (Å²) in [7, 11) is 1.78. The topological polar surface area (TPSA) is 20.3 Å². The SMILES string of the molecule is CN(C(=O)c1ccccc1Cl)C(C)(C)CBr. The molecule has 88 valence electrons. The zero-order valence-electron chi connectivity index (χ0n) is 9.63. The van der Waals surface area contributed by atoms with E-state index in [-0.39, 0.29) is 11.4 Å². The van der Waals surface area contributed by atoms with Crippen molar-refractivity contribution in [2.24, 2.45) is 0 Å². The first-order valence-corrected chi connectivity index (χ1v) is 6.49. The van der Waals surface area contributed by atoms with Gasteiger partial charge in [-0.25, -0.2) is 0 Å². The first-order chi connectivity index (χ1) is 7.40. The molecule has 0 atom stereocenters. The van der Waals surface area contributed by atoms with Gasteiger partial charge in [0.05, 0.1) is 10.6 Å². The molecule has 0 aliphatic heterocycles. The summed E-state index contributed by atoms with van der Waals surface area (Å²) < 4.78 is 0. The lowest BCUT2D eigenvalue weighted by molar-refractivity contribution is 0.0664. The van der Waals surface area contributed by atoms with Gasteiger partial charge in [-0.2, -0.15) is 0 Å². The number of benzene rings is 1. The third-order valence-corrected chi connectivity index (χ3v) is 4.35. The minimum absolute atomic E-state index is 0.0601. The highest BCUT2D eigenvalue weighted by Gasteiger charge is 2.27. The minimum atomic E-state index is -0.240. The van der Waals surface area contributed by atoms with E-state index in [0.29, 0.717) is 15.9 Å². The van der Waals surface area contributed by atoms with Crippen molar-refractivity contribution in [2.75, 3.05) is 12.4 Å². The Kier molecular flexibility index (Phi) is 4.39. The van der Waals surface area contributed by atoms with Crippen LogP contribution in [0.4, 0.5) is 0 Å². The smallest absolute Gasteiger partial charge is 0.255 e. The number of amides is 1. The van der Waals surface area contributed by atoms with Crippen LogP contribution in [-0.2, 0) is 0 Å². The molecule has 1 aromatic carbocycles. The fraction of sp³-hybridized carbons (Fsp3) is 0.417. The predicted octanol–water partition coefficient (Wildman–Crippen LogP) is 3.59. The Morgan fingerprint density at radius 1 is 1.44 bits per heavy atom. The summed E-state index contributed by atoms with van der Waals surface area (Å²) in [6, 6.07) is 7.10. The molecule has 0 aliphatic carbocycles. The number of carbonyl (C=O) groups excluding carboxylic acids is 1. The molecule has 0 unspecified atom stereocenters. The average molecular weight is 305 g/mol. The molecule has 0 aliphatic rings. The van der Waals surface area contributed by atoms with Crippen LogP contribution < -0.4 is 0 Å². The third-order valence-electron chi connectivity index (χ3n) is 2.64. The van der Waals surface area contributed by atoms with Gasteiger partial charge < -0.3 is 4.90 Å². The van der Waals surface area contributed by atoms with Crippen molar-refractivity contribution in [3.63, 3.8) is 0 Å². The van der Waals surface area contributed by atoms with Crippen LogP contribution in [0, 0.1) is 0 Å². The monoisotopic (exact) mass is 303 g/mol. The van der Waals surface area contributed by atoms with Crippen molar-refractivity contribution in [3.8, 4) is 0 Å². The standard InChI is InChI=1S/C12H15BrClNO/c1-12(2,8-13)15(3)11(16)9-6-4-5-7-10(9)14/h4-7H,8H2,1-3H3. The van der Waals surface area contributed by atoms with Gasteiger partial charge in [-0.1, -0.05) is 39.7 Å². The molecule has 0 spiro atoms. The third kappa shape index (κ3) is 2.77. The lowest BCUT2D eigenvalue weighted by Crippen LogP contribution is -2.46. The zero-order valence-corrected chi connectivity index (χ0v) is 12.0. The van der Waals surface area contributed by atoms with E-state index in [2.05, 4.69) is 15.9 Å². The number of alkyl halides is 1. The Morgan fingerprint density at radius 2 is 2.00 bits per heavy atom. The quantitative estimate of drug-likeness (QED) is 0.782. The van der Waals surface area contributed by atoms with E-state index in [0.717, 1.165) is 0 Å². The van der Waals surface area contributed by atoms with Crippen molar-refractivity contribution >= 4 is 33.4 Å². The molecule has 0 saturated heterocycles. The predicted molar refractivity (Wildman–Crippen MR) is 71.4 cm³/mol. The molecule has 0 fully saturated rings. The molecular formula is C12H15BrClNO. The zero-order chi connectivity index (χ0) is 12.3. The average Bonchev–Trinajstić information content (AvgIpc) is 2.27. The summed E-state index contributed by atoms with van der Waals surface area (Å²) in [4.78, 5) is 13.9. The first-order valence-electron chi connectivity index (χ1n) is 4.99. The van der Waals surface area contributed by atoms with E-state index in [1.807, 2.05) is 26.0 Å². The van der Waals surface area contributed by atoms with E-state index >= 15 is 0 Å². The van der Waals surface area contributed by atoms with Gasteiger partial charge in [0.2, 0.25) is 0 Å². The molecule has 0 aromatic heterocycles. The maximum absolute atomic E-state index is 12.2. The highest BCUT2D eigenvalue weighted by atomic mass is 79.9. The number of rotatable bonds is 3. The maximum Gasteiger partial charge on any atom is 0.255 e. The summed E-state index contributed by atoms with van der Waals surface area (Å²) >= 11 is 9.40. The highest BCUT2D eigenvalue weighted by molar-refractivity contribution is 9.09. The molecular weight excluding hydrogens is 289 g/mol. The number of hydrogen-bond acceptors (Lipinski definition) is 1. The fourth-order valence-corrected chi connectivity index (χ4v) is 1.77. The molecule has 0 bridgehead atoms. The second-order valence-corrected chi connectivity index (χ2v) is 5.26. The van der Waals surface area contributed by atoms with Crippen molar-refractivity contribution in [1.29, 1.82) is 0 Å². The van der Waals surface area contributed by atoms with Gasteiger partial charge in [0, 0.05) is 17.9 Å². The number of carbonyl (C=O) groups is 1. The number of halogens is 2. The van der Waals surface area contributed by atoms with Crippen LogP contribution in [0.2, 0.25) is 5.02 Å². The molecule has 1 aromatic rings. The van der Waals surface area contributed by atoms with Gasteiger partial charge in [-0.15, -0.1) is 0 Å². The van der Waals surface area contributed by atoms with Crippen LogP contribution in [0.3, 0.4) is 0 Å². The lowest BCUT2D eigenvalue weighted by atomic mass is 10.1. The molecule has 0 saturated carbocycles. The van der Waals surface area contributed by atoms with Gasteiger partial charge in [0.15, 0.2) is 0 Å². The van der Waals surface area contributed by atoms with Gasteiger partial charge in [0.1, 0.15) is 0 Å². The minimum Gasteiger partial charge on any atom is -0.336 e. The van der Waals surface area contributed by atoms with Gasteiger partial charge >= 0.3 is 0 Å². The van der Waals surface area contributed by atoms with Gasteiger partial charge in [-0.3, -0.25) is 4.79 Å². The van der Waals surface area contributed by atoms with E-state index < -0.39 is 0 Å². The Bertz CT molecular complexity index is 392. The fourth-order valence-electron chi connectivity index (χ4n) is 1.18. The summed E-state index contributed by atoms with van der Waals surface area (Å²) in [5.74, 6) is -0.0601. The normalized spacial score (nSPS) is 11.3. The Morgan fingerprint density at radius 3 is 2.50 bits per heavy atom. The molecule has 0 radical (unpaired) electrons. The lowest BCUT2D eigenvalue weighted by Gasteiger charge is -2.34. The molecule has 0 heterocycles. The Labute approximate surface area is 110 Å². The molecule has 4 heteroatoms. The van der Waals surface area contributed by atoms with E-state index in [4.69, 9.17) is 11.6 Å². The molecule has 0 N–H and O–H groups in total. The van der Waals surface area contributed by atoms with Crippen LogP contribution >= 0.6 is 27.5 Å².